The summed E-state index contributed by atoms with van der Waals surface area (Å²) in [4.78, 5) is 15.9. The number of benzene rings is 1. The Bertz CT molecular complexity index is 588. The van der Waals surface area contributed by atoms with Crippen LogP contribution >= 0.6 is 0 Å². The van der Waals surface area contributed by atoms with Crippen LogP contribution in [0.5, 0.6) is 5.75 Å². The predicted molar refractivity (Wildman–Crippen MR) is 65.2 cm³/mol. The number of nitrogens with zero attached hydrogens (tertiary/aromatic N) is 1. The van der Waals surface area contributed by atoms with Gasteiger partial charge in [0.25, 0.3) is 0 Å². The zero-order valence-electron chi connectivity index (χ0n) is 9.72. The predicted octanol–water partition coefficient (Wildman–Crippen LogP) is 2.50. The number of hydrogen-bond acceptors (Lipinski definition) is 4. The molecule has 98 valence electrons. The summed E-state index contributed by atoms with van der Waals surface area (Å²) < 4.78 is 28.5. The Morgan fingerprint density at radius 2 is 2.05 bits per heavy atom. The lowest BCUT2D eigenvalue weighted by Crippen LogP contribution is -2.06. The Kier molecular flexibility index (Phi) is 3.70. The third-order valence-electron chi connectivity index (χ3n) is 2.34. The molecule has 0 aliphatic heterocycles. The number of nitrogen functional groups attached to an aromatic ring is 1. The van der Waals surface area contributed by atoms with Gasteiger partial charge in [-0.3, -0.25) is 9.78 Å². The van der Waals surface area contributed by atoms with Gasteiger partial charge in [-0.2, -0.15) is 8.78 Å². The number of ether oxygens (including phenoxy) is 1. The largest absolute Gasteiger partial charge is 0.435 e. The van der Waals surface area contributed by atoms with Crippen LogP contribution in [0.25, 0.3) is 0 Å². The second-order valence-corrected chi connectivity index (χ2v) is 3.74. The SMILES string of the molecule is Nc1cc(OC(F)F)cc(C(=O)c2cccnc2)c1. The van der Waals surface area contributed by atoms with Gasteiger partial charge in [-0.15, -0.1) is 0 Å². The van der Waals surface area contributed by atoms with E-state index in [-0.39, 0.29) is 22.8 Å². The number of rotatable bonds is 4. The molecule has 0 radical (unpaired) electrons. The van der Waals surface area contributed by atoms with Crippen LogP contribution in [0.4, 0.5) is 14.5 Å². The van der Waals surface area contributed by atoms with Gasteiger partial charge in [0.15, 0.2) is 5.78 Å². The summed E-state index contributed by atoms with van der Waals surface area (Å²) in [5, 5.41) is 0. The van der Waals surface area contributed by atoms with Gasteiger partial charge in [0.05, 0.1) is 0 Å². The minimum absolute atomic E-state index is 0.151. The molecule has 2 aromatic rings. The van der Waals surface area contributed by atoms with Crippen molar-refractivity contribution in [1.82, 2.24) is 4.98 Å². The number of pyridine rings is 1. The van der Waals surface area contributed by atoms with Crippen molar-refractivity contribution in [2.75, 3.05) is 5.73 Å². The fourth-order valence-corrected chi connectivity index (χ4v) is 1.59. The van der Waals surface area contributed by atoms with Gasteiger partial charge >= 0.3 is 6.61 Å². The standard InChI is InChI=1S/C13H10F2N2O2/c14-13(15)19-11-5-9(4-10(16)6-11)12(18)8-2-1-3-17-7-8/h1-7,13H,16H2. The first kappa shape index (κ1) is 12.9. The van der Waals surface area contributed by atoms with Crippen LogP contribution in [0, 0.1) is 0 Å². The average molecular weight is 264 g/mol. The van der Waals surface area contributed by atoms with Crippen molar-refractivity contribution in [3.8, 4) is 5.75 Å². The molecule has 1 aromatic heterocycles. The highest BCUT2D eigenvalue weighted by molar-refractivity contribution is 6.09. The maximum Gasteiger partial charge on any atom is 0.387 e. The Balaban J connectivity index is 2.34. The van der Waals surface area contributed by atoms with E-state index < -0.39 is 6.61 Å². The first-order valence-electron chi connectivity index (χ1n) is 5.36. The van der Waals surface area contributed by atoms with Crippen molar-refractivity contribution in [1.29, 1.82) is 0 Å². The monoisotopic (exact) mass is 264 g/mol. The smallest absolute Gasteiger partial charge is 0.387 e. The Morgan fingerprint density at radius 1 is 1.26 bits per heavy atom. The van der Waals surface area contributed by atoms with E-state index in [1.54, 1.807) is 12.1 Å². The summed E-state index contributed by atoms with van der Waals surface area (Å²) in [6, 6.07) is 7.03. The van der Waals surface area contributed by atoms with E-state index in [0.717, 1.165) is 0 Å². The van der Waals surface area contributed by atoms with Crippen LogP contribution in [0.1, 0.15) is 15.9 Å². The average Bonchev–Trinajstić information content (AvgIpc) is 2.37. The van der Waals surface area contributed by atoms with Crippen LogP contribution in [0.15, 0.2) is 42.7 Å². The normalized spacial score (nSPS) is 10.5. The molecule has 0 bridgehead atoms. The molecule has 1 aromatic carbocycles. The molecule has 0 saturated heterocycles. The number of alkyl halides is 2. The van der Waals surface area contributed by atoms with Gasteiger partial charge in [-0.1, -0.05) is 0 Å². The van der Waals surface area contributed by atoms with Crippen LogP contribution in [0.2, 0.25) is 0 Å². The molecule has 4 nitrogen and oxygen atoms in total. The molecule has 1 heterocycles. The lowest BCUT2D eigenvalue weighted by Gasteiger charge is -2.08. The fraction of sp³-hybridized carbons (Fsp3) is 0.0769. The minimum Gasteiger partial charge on any atom is -0.435 e. The van der Waals surface area contributed by atoms with Crippen molar-refractivity contribution in [3.63, 3.8) is 0 Å². The van der Waals surface area contributed by atoms with E-state index in [9.17, 15) is 13.6 Å². The number of aromatic nitrogens is 1. The van der Waals surface area contributed by atoms with Gasteiger partial charge in [-0.05, 0) is 24.3 Å². The molecule has 19 heavy (non-hydrogen) atoms. The second-order valence-electron chi connectivity index (χ2n) is 3.74. The van der Waals surface area contributed by atoms with Gasteiger partial charge in [-0.25, -0.2) is 0 Å². The molecular formula is C13H10F2N2O2. The third kappa shape index (κ3) is 3.25. The summed E-state index contributed by atoms with van der Waals surface area (Å²) in [7, 11) is 0. The molecular weight excluding hydrogens is 254 g/mol. The fourth-order valence-electron chi connectivity index (χ4n) is 1.59. The molecule has 0 amide bonds. The third-order valence-corrected chi connectivity index (χ3v) is 2.34. The lowest BCUT2D eigenvalue weighted by atomic mass is 10.0. The highest BCUT2D eigenvalue weighted by Crippen LogP contribution is 2.22. The summed E-state index contributed by atoms with van der Waals surface area (Å²) in [6.45, 7) is -2.97. The number of carbonyl (C=O) groups excluding carboxylic acids is 1. The van der Waals surface area contributed by atoms with E-state index >= 15 is 0 Å². The molecule has 0 saturated carbocycles. The van der Waals surface area contributed by atoms with E-state index in [0.29, 0.717) is 5.56 Å². The molecule has 2 rings (SSSR count). The second kappa shape index (κ2) is 5.43. The highest BCUT2D eigenvalue weighted by Gasteiger charge is 2.13. The van der Waals surface area contributed by atoms with Gasteiger partial charge < -0.3 is 10.5 Å². The molecule has 6 heteroatoms. The summed E-state index contributed by atoms with van der Waals surface area (Å²) in [6.07, 6.45) is 2.92. The van der Waals surface area contributed by atoms with Crippen LogP contribution in [-0.4, -0.2) is 17.4 Å². The number of ketones is 1. The van der Waals surface area contributed by atoms with Gasteiger partial charge in [0, 0.05) is 35.3 Å². The molecule has 0 fully saturated rings. The lowest BCUT2D eigenvalue weighted by molar-refractivity contribution is -0.0498. The highest BCUT2D eigenvalue weighted by atomic mass is 19.3. The first-order chi connectivity index (χ1) is 9.06. The number of hydrogen-bond donors (Lipinski definition) is 1. The van der Waals surface area contributed by atoms with Crippen molar-refractivity contribution >= 4 is 11.5 Å². The van der Waals surface area contributed by atoms with Gasteiger partial charge in [0.1, 0.15) is 5.75 Å². The Labute approximate surface area is 107 Å². The van der Waals surface area contributed by atoms with E-state index in [1.807, 2.05) is 0 Å². The number of nitrogens with two attached hydrogens (primary N) is 1. The van der Waals surface area contributed by atoms with Crippen LogP contribution < -0.4 is 10.5 Å². The zero-order valence-corrected chi connectivity index (χ0v) is 9.72. The molecule has 0 atom stereocenters. The molecule has 0 unspecified atom stereocenters. The quantitative estimate of drug-likeness (QED) is 0.680. The molecule has 0 aliphatic carbocycles. The summed E-state index contributed by atoms with van der Waals surface area (Å²) >= 11 is 0. The van der Waals surface area contributed by atoms with Crippen molar-refractivity contribution in [2.45, 2.75) is 6.61 Å². The van der Waals surface area contributed by atoms with Crippen molar-refractivity contribution < 1.29 is 18.3 Å². The van der Waals surface area contributed by atoms with Crippen LogP contribution in [0.3, 0.4) is 0 Å². The van der Waals surface area contributed by atoms with E-state index in [2.05, 4.69) is 9.72 Å². The molecule has 0 spiro atoms. The summed E-state index contributed by atoms with van der Waals surface area (Å²) in [5.41, 5.74) is 6.24. The maximum atomic E-state index is 12.2. The first-order valence-corrected chi connectivity index (χ1v) is 5.36. The van der Waals surface area contributed by atoms with E-state index in [1.165, 1.54) is 30.6 Å². The van der Waals surface area contributed by atoms with Gasteiger partial charge in [0.2, 0.25) is 0 Å². The Hall–Kier alpha value is -2.50. The minimum atomic E-state index is -2.97. The molecule has 2 N–H and O–H groups in total. The number of anilines is 1. The topological polar surface area (TPSA) is 65.2 Å². The maximum absolute atomic E-state index is 12.2. The zero-order chi connectivity index (χ0) is 13.8. The van der Waals surface area contributed by atoms with E-state index in [4.69, 9.17) is 5.73 Å². The van der Waals surface area contributed by atoms with Crippen molar-refractivity contribution in [3.05, 3.63) is 53.9 Å². The Morgan fingerprint density at radius 3 is 2.68 bits per heavy atom. The van der Waals surface area contributed by atoms with Crippen molar-refractivity contribution in [2.24, 2.45) is 0 Å². The summed E-state index contributed by atoms with van der Waals surface area (Å²) in [5.74, 6) is -0.512. The van der Waals surface area contributed by atoms with Crippen LogP contribution in [-0.2, 0) is 0 Å². The number of halogens is 2. The molecule has 0 aliphatic rings. The number of carbonyl (C=O) groups is 1.